The van der Waals surface area contributed by atoms with Gasteiger partial charge in [0.1, 0.15) is 10.0 Å². The molecule has 0 aliphatic carbocycles. The SMILES string of the molecule is CNCc1csc(S(=O)(=O)N(C)Cc2cccc(F)c2)c1. The second kappa shape index (κ2) is 6.65. The normalized spacial score (nSPS) is 12.0. The molecule has 114 valence electrons. The highest BCUT2D eigenvalue weighted by Gasteiger charge is 2.23. The molecule has 0 amide bonds. The highest BCUT2D eigenvalue weighted by atomic mass is 32.2. The Morgan fingerprint density at radius 2 is 2.05 bits per heavy atom. The molecular formula is C14H17FN2O2S2. The quantitative estimate of drug-likeness (QED) is 0.886. The monoisotopic (exact) mass is 328 g/mol. The molecule has 0 saturated heterocycles. The van der Waals surface area contributed by atoms with E-state index in [1.165, 1.54) is 34.8 Å². The molecule has 0 radical (unpaired) electrons. The van der Waals surface area contributed by atoms with Crippen molar-refractivity contribution >= 4 is 21.4 Å². The molecule has 0 unspecified atom stereocenters. The van der Waals surface area contributed by atoms with E-state index in [2.05, 4.69) is 5.32 Å². The second-order valence-corrected chi connectivity index (χ2v) is 7.88. The van der Waals surface area contributed by atoms with E-state index in [1.54, 1.807) is 18.2 Å². The smallest absolute Gasteiger partial charge is 0.252 e. The van der Waals surface area contributed by atoms with Gasteiger partial charge in [-0.25, -0.2) is 12.8 Å². The molecule has 7 heteroatoms. The molecule has 0 atom stereocenters. The first-order valence-corrected chi connectivity index (χ1v) is 8.68. The van der Waals surface area contributed by atoms with Gasteiger partial charge in [-0.05, 0) is 41.8 Å². The number of nitrogens with one attached hydrogen (secondary N) is 1. The molecule has 0 bridgehead atoms. The van der Waals surface area contributed by atoms with Gasteiger partial charge in [0.25, 0.3) is 10.0 Å². The Labute approximate surface area is 128 Å². The zero-order valence-corrected chi connectivity index (χ0v) is 13.5. The van der Waals surface area contributed by atoms with Crippen LogP contribution in [0.25, 0.3) is 0 Å². The minimum absolute atomic E-state index is 0.138. The molecule has 0 aliphatic rings. The van der Waals surface area contributed by atoms with Crippen molar-refractivity contribution in [3.05, 3.63) is 52.7 Å². The molecule has 1 heterocycles. The summed E-state index contributed by atoms with van der Waals surface area (Å²) >= 11 is 1.19. The average Bonchev–Trinajstić information content (AvgIpc) is 2.88. The average molecular weight is 328 g/mol. The van der Waals surface area contributed by atoms with Crippen LogP contribution in [0.15, 0.2) is 39.9 Å². The van der Waals surface area contributed by atoms with Gasteiger partial charge in [-0.2, -0.15) is 4.31 Å². The van der Waals surface area contributed by atoms with Gasteiger partial charge in [0, 0.05) is 20.1 Å². The Morgan fingerprint density at radius 3 is 2.71 bits per heavy atom. The number of nitrogens with zero attached hydrogens (tertiary/aromatic N) is 1. The van der Waals surface area contributed by atoms with E-state index in [0.29, 0.717) is 16.3 Å². The van der Waals surface area contributed by atoms with Gasteiger partial charge in [0.15, 0.2) is 0 Å². The fourth-order valence-corrected chi connectivity index (χ4v) is 4.49. The maximum absolute atomic E-state index is 13.2. The van der Waals surface area contributed by atoms with Crippen LogP contribution in [0.3, 0.4) is 0 Å². The van der Waals surface area contributed by atoms with E-state index in [4.69, 9.17) is 0 Å². The summed E-state index contributed by atoms with van der Waals surface area (Å²) in [7, 11) is -0.241. The lowest BCUT2D eigenvalue weighted by Crippen LogP contribution is -2.25. The molecule has 2 aromatic rings. The maximum atomic E-state index is 13.2. The van der Waals surface area contributed by atoms with Gasteiger partial charge in [0.2, 0.25) is 0 Å². The molecule has 0 spiro atoms. The predicted molar refractivity (Wildman–Crippen MR) is 82.1 cm³/mol. The van der Waals surface area contributed by atoms with Crippen LogP contribution in [0.4, 0.5) is 4.39 Å². The number of thiophene rings is 1. The lowest BCUT2D eigenvalue weighted by molar-refractivity contribution is 0.467. The lowest BCUT2D eigenvalue weighted by Gasteiger charge is -2.16. The Kier molecular flexibility index (Phi) is 5.10. The number of sulfonamides is 1. The van der Waals surface area contributed by atoms with Crippen molar-refractivity contribution in [2.45, 2.75) is 17.3 Å². The Bertz CT molecular complexity index is 713. The van der Waals surface area contributed by atoms with E-state index < -0.39 is 10.0 Å². The topological polar surface area (TPSA) is 49.4 Å². The highest BCUT2D eigenvalue weighted by Crippen LogP contribution is 2.24. The minimum atomic E-state index is -3.55. The van der Waals surface area contributed by atoms with Crippen LogP contribution < -0.4 is 5.32 Å². The number of hydrogen-bond donors (Lipinski definition) is 1. The molecule has 1 N–H and O–H groups in total. The summed E-state index contributed by atoms with van der Waals surface area (Å²) in [6, 6.07) is 7.62. The molecule has 2 rings (SSSR count). The third-order valence-electron chi connectivity index (χ3n) is 2.97. The number of benzene rings is 1. The van der Waals surface area contributed by atoms with Crippen LogP contribution in [0.5, 0.6) is 0 Å². The van der Waals surface area contributed by atoms with E-state index in [1.807, 2.05) is 12.4 Å². The summed E-state index contributed by atoms with van der Waals surface area (Å²) in [5.74, 6) is -0.370. The van der Waals surface area contributed by atoms with E-state index in [9.17, 15) is 12.8 Å². The molecule has 21 heavy (non-hydrogen) atoms. The van der Waals surface area contributed by atoms with Gasteiger partial charge >= 0.3 is 0 Å². The summed E-state index contributed by atoms with van der Waals surface area (Å²) in [5.41, 5.74) is 1.55. The van der Waals surface area contributed by atoms with Crippen molar-refractivity contribution in [1.82, 2.24) is 9.62 Å². The second-order valence-electron chi connectivity index (χ2n) is 4.70. The number of rotatable bonds is 6. The third-order valence-corrected chi connectivity index (χ3v) is 6.24. The van der Waals surface area contributed by atoms with Crippen molar-refractivity contribution in [3.8, 4) is 0 Å². The summed E-state index contributed by atoms with van der Waals surface area (Å²) in [5, 5.41) is 4.80. The minimum Gasteiger partial charge on any atom is -0.316 e. The fraction of sp³-hybridized carbons (Fsp3) is 0.286. The first-order chi connectivity index (χ1) is 9.93. The first kappa shape index (κ1) is 16.1. The zero-order valence-electron chi connectivity index (χ0n) is 11.8. The Balaban J connectivity index is 2.17. The summed E-state index contributed by atoms with van der Waals surface area (Å²) in [6.07, 6.45) is 0. The molecular weight excluding hydrogens is 311 g/mol. The molecule has 1 aromatic heterocycles. The van der Waals surface area contributed by atoms with Gasteiger partial charge in [0.05, 0.1) is 0 Å². The van der Waals surface area contributed by atoms with Gasteiger partial charge in [-0.15, -0.1) is 11.3 Å². The van der Waals surface area contributed by atoms with Gasteiger partial charge < -0.3 is 5.32 Å². The largest absolute Gasteiger partial charge is 0.316 e. The van der Waals surface area contributed by atoms with Crippen LogP contribution in [-0.2, 0) is 23.1 Å². The summed E-state index contributed by atoms with van der Waals surface area (Å²) in [4.78, 5) is 0. The van der Waals surface area contributed by atoms with Crippen molar-refractivity contribution in [2.24, 2.45) is 0 Å². The van der Waals surface area contributed by atoms with Crippen LogP contribution in [0, 0.1) is 5.82 Å². The van der Waals surface area contributed by atoms with Crippen LogP contribution in [0.2, 0.25) is 0 Å². The number of halogens is 1. The van der Waals surface area contributed by atoms with E-state index >= 15 is 0 Å². The third kappa shape index (κ3) is 3.88. The van der Waals surface area contributed by atoms with Crippen molar-refractivity contribution < 1.29 is 12.8 Å². The van der Waals surface area contributed by atoms with Crippen molar-refractivity contribution in [3.63, 3.8) is 0 Å². The molecule has 0 saturated carbocycles. The molecule has 0 aliphatic heterocycles. The Morgan fingerprint density at radius 1 is 1.29 bits per heavy atom. The zero-order chi connectivity index (χ0) is 15.5. The van der Waals surface area contributed by atoms with Gasteiger partial charge in [-0.1, -0.05) is 12.1 Å². The van der Waals surface area contributed by atoms with Gasteiger partial charge in [-0.3, -0.25) is 0 Å². The van der Waals surface area contributed by atoms with E-state index in [-0.39, 0.29) is 12.4 Å². The van der Waals surface area contributed by atoms with Crippen LogP contribution in [-0.4, -0.2) is 26.8 Å². The standard InChI is InChI=1S/C14H17FN2O2S2/c1-16-8-12-7-14(20-10-12)21(18,19)17(2)9-11-4-3-5-13(15)6-11/h3-7,10,16H,8-9H2,1-2H3. The van der Waals surface area contributed by atoms with E-state index in [0.717, 1.165) is 5.56 Å². The fourth-order valence-electron chi connectivity index (χ4n) is 1.92. The molecule has 1 aromatic carbocycles. The highest BCUT2D eigenvalue weighted by molar-refractivity contribution is 7.91. The van der Waals surface area contributed by atoms with Crippen molar-refractivity contribution in [1.29, 1.82) is 0 Å². The number of hydrogen-bond acceptors (Lipinski definition) is 4. The Hall–Kier alpha value is -1.28. The molecule has 0 fully saturated rings. The maximum Gasteiger partial charge on any atom is 0.252 e. The lowest BCUT2D eigenvalue weighted by atomic mass is 10.2. The van der Waals surface area contributed by atoms with Crippen LogP contribution in [0.1, 0.15) is 11.1 Å². The summed E-state index contributed by atoms with van der Waals surface area (Å²) in [6.45, 7) is 0.763. The molecule has 4 nitrogen and oxygen atoms in total. The van der Waals surface area contributed by atoms with Crippen molar-refractivity contribution in [2.75, 3.05) is 14.1 Å². The first-order valence-electron chi connectivity index (χ1n) is 6.36. The summed E-state index contributed by atoms with van der Waals surface area (Å²) < 4.78 is 39.6. The van der Waals surface area contributed by atoms with Crippen LogP contribution >= 0.6 is 11.3 Å². The predicted octanol–water partition coefficient (Wildman–Crippen LogP) is 2.43.